The van der Waals surface area contributed by atoms with Gasteiger partial charge >= 0.3 is 5.97 Å². The van der Waals surface area contributed by atoms with E-state index in [4.69, 9.17) is 9.52 Å². The number of hydrogen-bond acceptors (Lipinski definition) is 5. The SMILES string of the molecule is O=C(O)c1cccc(NC(=O)c2cc3c([nH]c2=O)C[C@@H](c2ccco2)CC3=O)c1. The summed E-state index contributed by atoms with van der Waals surface area (Å²) in [6.45, 7) is 0. The van der Waals surface area contributed by atoms with E-state index in [0.717, 1.165) is 0 Å². The maximum absolute atomic E-state index is 12.6. The fourth-order valence-electron chi connectivity index (χ4n) is 3.45. The van der Waals surface area contributed by atoms with Crippen LogP contribution in [0, 0.1) is 0 Å². The zero-order chi connectivity index (χ0) is 20.5. The Balaban J connectivity index is 1.62. The van der Waals surface area contributed by atoms with Crippen LogP contribution in [0.1, 0.15) is 54.9 Å². The summed E-state index contributed by atoms with van der Waals surface area (Å²) in [5, 5.41) is 11.5. The number of carbonyl (C=O) groups excluding carboxylic acids is 2. The fourth-order valence-corrected chi connectivity index (χ4v) is 3.45. The molecule has 8 heteroatoms. The number of aromatic carboxylic acids is 1. The van der Waals surface area contributed by atoms with Crippen molar-refractivity contribution in [2.24, 2.45) is 0 Å². The lowest BCUT2D eigenvalue weighted by Gasteiger charge is -2.22. The number of aromatic amines is 1. The van der Waals surface area contributed by atoms with E-state index in [1.165, 1.54) is 36.6 Å². The molecular formula is C21H16N2O6. The minimum atomic E-state index is -1.13. The summed E-state index contributed by atoms with van der Waals surface area (Å²) in [4.78, 5) is 51.3. The first kappa shape index (κ1) is 18.4. The molecule has 3 N–H and O–H groups in total. The van der Waals surface area contributed by atoms with Gasteiger partial charge in [-0.2, -0.15) is 0 Å². The smallest absolute Gasteiger partial charge is 0.335 e. The Labute approximate surface area is 164 Å². The van der Waals surface area contributed by atoms with Crippen LogP contribution in [-0.2, 0) is 6.42 Å². The van der Waals surface area contributed by atoms with Gasteiger partial charge in [0.2, 0.25) is 0 Å². The highest BCUT2D eigenvalue weighted by Gasteiger charge is 2.30. The molecule has 0 fully saturated rings. The summed E-state index contributed by atoms with van der Waals surface area (Å²) >= 11 is 0. The van der Waals surface area contributed by atoms with E-state index >= 15 is 0 Å². The number of carbonyl (C=O) groups is 3. The maximum atomic E-state index is 12.6. The number of rotatable bonds is 4. The number of carboxylic acids is 1. The number of H-pyrrole nitrogens is 1. The average molecular weight is 392 g/mol. The molecule has 1 aromatic carbocycles. The molecule has 0 saturated heterocycles. The Hall–Kier alpha value is -3.94. The Kier molecular flexibility index (Phi) is 4.59. The number of pyridine rings is 1. The van der Waals surface area contributed by atoms with Crippen LogP contribution in [0.25, 0.3) is 0 Å². The van der Waals surface area contributed by atoms with Gasteiger partial charge in [-0.05, 0) is 42.8 Å². The van der Waals surface area contributed by atoms with Crippen LogP contribution < -0.4 is 10.9 Å². The Morgan fingerprint density at radius 1 is 1.10 bits per heavy atom. The lowest BCUT2D eigenvalue weighted by atomic mass is 9.84. The number of nitrogens with one attached hydrogen (secondary N) is 2. The summed E-state index contributed by atoms with van der Waals surface area (Å²) in [6.07, 6.45) is 2.17. The van der Waals surface area contributed by atoms with Crippen molar-refractivity contribution in [3.8, 4) is 0 Å². The van der Waals surface area contributed by atoms with Gasteiger partial charge in [-0.15, -0.1) is 0 Å². The number of furan rings is 1. The van der Waals surface area contributed by atoms with Crippen molar-refractivity contribution in [1.29, 1.82) is 0 Å². The van der Waals surface area contributed by atoms with E-state index in [0.29, 0.717) is 23.4 Å². The summed E-state index contributed by atoms with van der Waals surface area (Å²) in [5.74, 6) is -1.54. The van der Waals surface area contributed by atoms with Crippen molar-refractivity contribution in [2.75, 3.05) is 5.32 Å². The normalized spacial score (nSPS) is 15.6. The molecule has 29 heavy (non-hydrogen) atoms. The number of ketones is 1. The topological polar surface area (TPSA) is 129 Å². The number of anilines is 1. The summed E-state index contributed by atoms with van der Waals surface area (Å²) in [6, 6.07) is 10.5. The molecule has 0 saturated carbocycles. The van der Waals surface area contributed by atoms with Gasteiger partial charge in [0, 0.05) is 29.3 Å². The molecule has 1 aliphatic rings. The lowest BCUT2D eigenvalue weighted by Crippen LogP contribution is -2.29. The van der Waals surface area contributed by atoms with Crippen LogP contribution in [0.3, 0.4) is 0 Å². The predicted octanol–water partition coefficient (Wildman–Crippen LogP) is 2.83. The first-order valence-corrected chi connectivity index (χ1v) is 8.90. The van der Waals surface area contributed by atoms with Gasteiger partial charge in [0.15, 0.2) is 5.78 Å². The molecule has 0 aliphatic heterocycles. The number of fused-ring (bicyclic) bond motifs is 1. The van der Waals surface area contributed by atoms with Gasteiger partial charge in [-0.25, -0.2) is 4.79 Å². The van der Waals surface area contributed by atoms with Gasteiger partial charge in [-0.1, -0.05) is 6.07 Å². The zero-order valence-electron chi connectivity index (χ0n) is 15.1. The molecule has 0 unspecified atom stereocenters. The van der Waals surface area contributed by atoms with E-state index in [2.05, 4.69) is 10.3 Å². The number of carboxylic acid groups (broad SMARTS) is 1. The van der Waals surface area contributed by atoms with Gasteiger partial charge in [0.25, 0.3) is 11.5 Å². The Morgan fingerprint density at radius 2 is 1.93 bits per heavy atom. The second kappa shape index (κ2) is 7.23. The van der Waals surface area contributed by atoms with Crippen LogP contribution in [0.15, 0.2) is 57.9 Å². The third-order valence-electron chi connectivity index (χ3n) is 4.86. The van der Waals surface area contributed by atoms with Gasteiger partial charge in [-0.3, -0.25) is 14.4 Å². The molecule has 146 valence electrons. The molecule has 1 amide bonds. The van der Waals surface area contributed by atoms with Crippen LogP contribution in [0.4, 0.5) is 5.69 Å². The predicted molar refractivity (Wildman–Crippen MR) is 103 cm³/mol. The van der Waals surface area contributed by atoms with Crippen LogP contribution in [-0.4, -0.2) is 27.8 Å². The van der Waals surface area contributed by atoms with Crippen molar-refractivity contribution in [2.45, 2.75) is 18.8 Å². The second-order valence-electron chi connectivity index (χ2n) is 6.79. The monoisotopic (exact) mass is 392 g/mol. The first-order chi connectivity index (χ1) is 13.9. The molecular weight excluding hydrogens is 376 g/mol. The molecule has 0 radical (unpaired) electrons. The van der Waals surface area contributed by atoms with Crippen molar-refractivity contribution < 1.29 is 23.9 Å². The highest BCUT2D eigenvalue weighted by Crippen LogP contribution is 2.31. The van der Waals surface area contributed by atoms with Crippen molar-refractivity contribution in [1.82, 2.24) is 4.98 Å². The number of hydrogen-bond donors (Lipinski definition) is 3. The van der Waals surface area contributed by atoms with E-state index in [1.807, 2.05) is 0 Å². The molecule has 1 atom stereocenters. The fraction of sp³-hybridized carbons (Fsp3) is 0.143. The largest absolute Gasteiger partial charge is 0.478 e. The van der Waals surface area contributed by atoms with E-state index in [1.54, 1.807) is 12.1 Å². The average Bonchev–Trinajstić information content (AvgIpc) is 3.22. The zero-order valence-corrected chi connectivity index (χ0v) is 15.1. The van der Waals surface area contributed by atoms with Crippen molar-refractivity contribution >= 4 is 23.3 Å². The minimum Gasteiger partial charge on any atom is -0.478 e. The molecule has 3 aromatic rings. The quantitative estimate of drug-likeness (QED) is 0.626. The van der Waals surface area contributed by atoms with Crippen molar-refractivity contribution in [3.63, 3.8) is 0 Å². The summed E-state index contributed by atoms with van der Waals surface area (Å²) in [7, 11) is 0. The molecule has 0 bridgehead atoms. The Morgan fingerprint density at radius 3 is 2.66 bits per heavy atom. The minimum absolute atomic E-state index is 0.00120. The number of amides is 1. The molecule has 1 aliphatic carbocycles. The summed E-state index contributed by atoms with van der Waals surface area (Å²) in [5.41, 5.74) is 0.171. The van der Waals surface area contributed by atoms with E-state index in [9.17, 15) is 19.2 Å². The van der Waals surface area contributed by atoms with Crippen molar-refractivity contribution in [3.05, 3.63) is 87.2 Å². The Bertz CT molecular complexity index is 1180. The van der Waals surface area contributed by atoms with Crippen LogP contribution in [0.5, 0.6) is 0 Å². The van der Waals surface area contributed by atoms with Gasteiger partial charge in [0.1, 0.15) is 11.3 Å². The van der Waals surface area contributed by atoms with E-state index in [-0.39, 0.29) is 34.9 Å². The maximum Gasteiger partial charge on any atom is 0.335 e. The van der Waals surface area contributed by atoms with Crippen LogP contribution >= 0.6 is 0 Å². The standard InChI is InChI=1S/C21H16N2O6/c24-17-9-12(18-5-2-6-29-18)8-16-14(17)10-15(20(26)23-16)19(25)22-13-4-1-3-11(7-13)21(27)28/h1-7,10,12H,8-9H2,(H,22,25)(H,23,26)(H,27,28)/t12-/m1/s1. The first-order valence-electron chi connectivity index (χ1n) is 8.90. The number of Topliss-reactive ketones (excluding diaryl/α,β-unsaturated/α-hetero) is 1. The van der Waals surface area contributed by atoms with Gasteiger partial charge < -0.3 is 19.8 Å². The lowest BCUT2D eigenvalue weighted by molar-refractivity contribution is 0.0696. The van der Waals surface area contributed by atoms with Crippen LogP contribution in [0.2, 0.25) is 0 Å². The highest BCUT2D eigenvalue weighted by molar-refractivity contribution is 6.07. The molecule has 2 aromatic heterocycles. The van der Waals surface area contributed by atoms with E-state index < -0.39 is 17.4 Å². The summed E-state index contributed by atoms with van der Waals surface area (Å²) < 4.78 is 5.37. The third-order valence-corrected chi connectivity index (χ3v) is 4.86. The molecule has 4 rings (SSSR count). The molecule has 2 heterocycles. The molecule has 0 spiro atoms. The molecule has 8 nitrogen and oxygen atoms in total. The van der Waals surface area contributed by atoms with Gasteiger partial charge in [0.05, 0.1) is 11.8 Å². The number of benzene rings is 1. The second-order valence-corrected chi connectivity index (χ2v) is 6.79. The third kappa shape index (κ3) is 3.60. The number of aromatic nitrogens is 1. The highest BCUT2D eigenvalue weighted by atomic mass is 16.4.